The zero-order valence-electron chi connectivity index (χ0n) is 10.0. The third-order valence-corrected chi connectivity index (χ3v) is 2.74. The number of hydrogen-bond acceptors (Lipinski definition) is 1. The van der Waals surface area contributed by atoms with Gasteiger partial charge < -0.3 is 0 Å². The Morgan fingerprint density at radius 2 is 2.00 bits per heavy atom. The van der Waals surface area contributed by atoms with Crippen LogP contribution in [-0.2, 0) is 0 Å². The molecule has 0 N–H and O–H groups in total. The summed E-state index contributed by atoms with van der Waals surface area (Å²) >= 11 is 0. The highest BCUT2D eigenvalue weighted by Crippen LogP contribution is 2.14. The Balaban J connectivity index is 3.51. The first kappa shape index (κ1) is 12.8. The van der Waals surface area contributed by atoms with Crippen LogP contribution in [0.1, 0.15) is 41.3 Å². The summed E-state index contributed by atoms with van der Waals surface area (Å²) in [5.74, 6) is 0.103. The lowest BCUT2D eigenvalue weighted by Crippen LogP contribution is -2.27. The molecule has 0 unspecified atom stereocenters. The van der Waals surface area contributed by atoms with Gasteiger partial charge in [0.2, 0.25) is 0 Å². The predicted molar refractivity (Wildman–Crippen MR) is 70.6 cm³/mol. The zero-order valence-corrected chi connectivity index (χ0v) is 10.0. The van der Waals surface area contributed by atoms with Gasteiger partial charge in [-0.15, -0.1) is 0 Å². The normalized spacial score (nSPS) is 10.5. The van der Waals surface area contributed by atoms with Gasteiger partial charge in [-0.2, -0.15) is 0 Å². The van der Waals surface area contributed by atoms with Gasteiger partial charge >= 0.3 is 0 Å². The Morgan fingerprint density at radius 3 is 2.44 bits per heavy atom. The van der Waals surface area contributed by atoms with Crippen molar-refractivity contribution in [3.63, 3.8) is 0 Å². The van der Waals surface area contributed by atoms with E-state index in [4.69, 9.17) is 15.7 Å². The Bertz CT molecular complexity index is 448. The highest BCUT2D eigenvalue weighted by molar-refractivity contribution is 6.41. The fraction of sp³-hybridized carbons (Fsp3) is 0.308. The standard InChI is InChI=1S/C13H14B2O/c1-5-11(16)12-8(4)13(15)9(7(2)3)6-10(12)14/h5-7H,1H2,2-4H3. The van der Waals surface area contributed by atoms with Crippen molar-refractivity contribution in [2.24, 2.45) is 0 Å². The molecular formula is C13H14B2O. The number of carbonyl (C=O) groups is 1. The van der Waals surface area contributed by atoms with Crippen molar-refractivity contribution < 1.29 is 4.79 Å². The molecule has 0 aromatic heterocycles. The zero-order chi connectivity index (χ0) is 12.5. The van der Waals surface area contributed by atoms with E-state index in [1.807, 2.05) is 20.8 Å². The number of allylic oxidation sites excluding steroid dienone is 1. The minimum Gasteiger partial charge on any atom is -0.289 e. The largest absolute Gasteiger partial charge is 0.289 e. The van der Waals surface area contributed by atoms with Crippen LogP contribution < -0.4 is 10.9 Å². The predicted octanol–water partition coefficient (Wildman–Crippen LogP) is 1.07. The van der Waals surface area contributed by atoms with Gasteiger partial charge in [0.05, 0.1) is 0 Å². The molecule has 0 aliphatic heterocycles. The summed E-state index contributed by atoms with van der Waals surface area (Å²) in [6.07, 6.45) is 1.26. The van der Waals surface area contributed by atoms with Crippen molar-refractivity contribution in [1.29, 1.82) is 0 Å². The van der Waals surface area contributed by atoms with Gasteiger partial charge in [0.25, 0.3) is 0 Å². The Labute approximate surface area is 99.8 Å². The van der Waals surface area contributed by atoms with Crippen molar-refractivity contribution in [3.05, 3.63) is 35.4 Å². The molecular weight excluding hydrogens is 194 g/mol. The molecule has 0 saturated carbocycles. The van der Waals surface area contributed by atoms with Crippen LogP contribution in [0.4, 0.5) is 0 Å². The van der Waals surface area contributed by atoms with Gasteiger partial charge in [0.1, 0.15) is 15.7 Å². The Kier molecular flexibility index (Phi) is 3.79. The summed E-state index contributed by atoms with van der Waals surface area (Å²) in [4.78, 5) is 11.6. The molecule has 1 aromatic rings. The number of rotatable bonds is 3. The van der Waals surface area contributed by atoms with E-state index in [1.165, 1.54) is 6.08 Å². The summed E-state index contributed by atoms with van der Waals surface area (Å²) in [5, 5.41) is 0. The molecule has 3 heteroatoms. The smallest absolute Gasteiger partial charge is 0.184 e. The van der Waals surface area contributed by atoms with Crippen LogP contribution in [0.3, 0.4) is 0 Å². The maximum Gasteiger partial charge on any atom is 0.184 e. The number of benzene rings is 1. The van der Waals surface area contributed by atoms with Crippen molar-refractivity contribution in [2.45, 2.75) is 26.7 Å². The molecule has 0 bridgehead atoms. The average Bonchev–Trinajstić information content (AvgIpc) is 2.22. The highest BCUT2D eigenvalue weighted by atomic mass is 16.1. The van der Waals surface area contributed by atoms with Crippen molar-refractivity contribution in [1.82, 2.24) is 0 Å². The SMILES string of the molecule is [B]c1cc(C(C)C)c([B])c(C)c1C(=O)C=C. The van der Waals surface area contributed by atoms with Gasteiger partial charge in [0.15, 0.2) is 5.78 Å². The molecule has 1 rings (SSSR count). The maximum absolute atomic E-state index is 11.6. The fourth-order valence-corrected chi connectivity index (χ4v) is 1.79. The van der Waals surface area contributed by atoms with Crippen LogP contribution >= 0.6 is 0 Å². The quantitative estimate of drug-likeness (QED) is 0.412. The second-order valence-electron chi connectivity index (χ2n) is 4.19. The minimum atomic E-state index is -0.183. The summed E-state index contributed by atoms with van der Waals surface area (Å²) < 4.78 is 0. The molecule has 1 aromatic carbocycles. The molecule has 78 valence electrons. The molecule has 4 radical (unpaired) electrons. The summed E-state index contributed by atoms with van der Waals surface area (Å²) in [6, 6.07) is 1.78. The van der Waals surface area contributed by atoms with E-state index >= 15 is 0 Å². The highest BCUT2D eigenvalue weighted by Gasteiger charge is 2.14. The van der Waals surface area contributed by atoms with Gasteiger partial charge in [0, 0.05) is 5.56 Å². The van der Waals surface area contributed by atoms with E-state index < -0.39 is 0 Å². The third kappa shape index (κ3) is 2.13. The lowest BCUT2D eigenvalue weighted by atomic mass is 9.74. The van der Waals surface area contributed by atoms with Crippen LogP contribution in [-0.4, -0.2) is 21.5 Å². The third-order valence-electron chi connectivity index (χ3n) is 2.74. The lowest BCUT2D eigenvalue weighted by Gasteiger charge is -2.18. The van der Waals surface area contributed by atoms with Gasteiger partial charge in [-0.05, 0) is 24.5 Å². The first-order chi connectivity index (χ1) is 7.40. The van der Waals surface area contributed by atoms with E-state index in [0.717, 1.165) is 11.1 Å². The van der Waals surface area contributed by atoms with Crippen LogP contribution in [0.2, 0.25) is 0 Å². The number of ketones is 1. The number of hydrogen-bond donors (Lipinski definition) is 0. The first-order valence-corrected chi connectivity index (χ1v) is 5.25. The molecule has 16 heavy (non-hydrogen) atoms. The van der Waals surface area contributed by atoms with E-state index in [2.05, 4.69) is 6.58 Å². The topological polar surface area (TPSA) is 17.1 Å². The van der Waals surface area contributed by atoms with Crippen LogP contribution in [0, 0.1) is 6.92 Å². The van der Waals surface area contributed by atoms with Crippen LogP contribution in [0.25, 0.3) is 0 Å². The molecule has 1 nitrogen and oxygen atoms in total. The van der Waals surface area contributed by atoms with E-state index in [-0.39, 0.29) is 11.7 Å². The van der Waals surface area contributed by atoms with Crippen molar-refractivity contribution >= 4 is 32.4 Å². The summed E-state index contributed by atoms with van der Waals surface area (Å²) in [6.45, 7) is 9.36. The van der Waals surface area contributed by atoms with Gasteiger partial charge in [-0.1, -0.05) is 43.0 Å². The lowest BCUT2D eigenvalue weighted by molar-refractivity contribution is 0.104. The van der Waals surface area contributed by atoms with E-state index in [0.29, 0.717) is 16.5 Å². The van der Waals surface area contributed by atoms with E-state index in [9.17, 15) is 4.79 Å². The first-order valence-electron chi connectivity index (χ1n) is 5.25. The minimum absolute atomic E-state index is 0.183. The van der Waals surface area contributed by atoms with Crippen molar-refractivity contribution in [3.8, 4) is 0 Å². The maximum atomic E-state index is 11.6. The molecule has 0 aliphatic carbocycles. The molecule has 0 heterocycles. The monoisotopic (exact) mass is 208 g/mol. The molecule has 0 fully saturated rings. The molecule has 0 spiro atoms. The molecule has 0 saturated heterocycles. The Hall–Kier alpha value is -1.24. The second-order valence-corrected chi connectivity index (χ2v) is 4.19. The van der Waals surface area contributed by atoms with Gasteiger partial charge in [-0.3, -0.25) is 4.79 Å². The molecule has 0 amide bonds. The van der Waals surface area contributed by atoms with Crippen molar-refractivity contribution in [2.75, 3.05) is 0 Å². The molecule has 0 atom stereocenters. The molecule has 0 aliphatic rings. The summed E-state index contributed by atoms with van der Waals surface area (Å²) in [5.41, 5.74) is 3.32. The average molecular weight is 208 g/mol. The number of carbonyl (C=O) groups excluding carboxylic acids is 1. The van der Waals surface area contributed by atoms with Crippen LogP contribution in [0.15, 0.2) is 18.7 Å². The van der Waals surface area contributed by atoms with Gasteiger partial charge in [-0.25, -0.2) is 0 Å². The van der Waals surface area contributed by atoms with Crippen LogP contribution in [0.5, 0.6) is 0 Å². The van der Waals surface area contributed by atoms with E-state index in [1.54, 1.807) is 6.07 Å². The Morgan fingerprint density at radius 1 is 1.44 bits per heavy atom. The fourth-order valence-electron chi connectivity index (χ4n) is 1.79. The summed E-state index contributed by atoms with van der Waals surface area (Å²) in [7, 11) is 11.9. The second kappa shape index (κ2) is 4.73.